The van der Waals surface area contributed by atoms with Crippen molar-refractivity contribution < 1.29 is 8.42 Å². The highest BCUT2D eigenvalue weighted by Crippen LogP contribution is 2.02. The molecule has 1 N–H and O–H groups in total. The van der Waals surface area contributed by atoms with Crippen LogP contribution in [-0.2, 0) is 9.84 Å². The van der Waals surface area contributed by atoms with Crippen LogP contribution in [0.5, 0.6) is 0 Å². The van der Waals surface area contributed by atoms with E-state index in [9.17, 15) is 8.42 Å². The number of sulfone groups is 1. The Bertz CT molecular complexity index is 390. The maximum absolute atomic E-state index is 10.8. The van der Waals surface area contributed by atoms with E-state index >= 15 is 0 Å². The molecule has 78 valence electrons. The molecule has 5 nitrogen and oxygen atoms in total. The minimum atomic E-state index is -2.92. The minimum absolute atomic E-state index is 0.0857. The lowest BCUT2D eigenvalue weighted by Gasteiger charge is -2.02. The number of halogens is 1. The van der Waals surface area contributed by atoms with Crippen LogP contribution in [0.4, 0.5) is 5.95 Å². The summed E-state index contributed by atoms with van der Waals surface area (Å²) in [5.41, 5.74) is 0. The molecule has 0 aromatic carbocycles. The standard InChI is InChI=1S/C7H10IN3O2S/c1-14(12,13)3-2-9-7-10-4-6(8)5-11-7/h4-5H,2-3H2,1H3,(H,9,10,11). The van der Waals surface area contributed by atoms with Gasteiger partial charge < -0.3 is 5.32 Å². The van der Waals surface area contributed by atoms with E-state index in [0.29, 0.717) is 12.5 Å². The Morgan fingerprint density at radius 3 is 2.50 bits per heavy atom. The predicted molar refractivity (Wildman–Crippen MR) is 62.9 cm³/mol. The lowest BCUT2D eigenvalue weighted by atomic mass is 10.6. The van der Waals surface area contributed by atoms with Crippen LogP contribution >= 0.6 is 22.6 Å². The van der Waals surface area contributed by atoms with E-state index in [0.717, 1.165) is 3.57 Å². The summed E-state index contributed by atoms with van der Waals surface area (Å²) < 4.78 is 22.5. The van der Waals surface area contributed by atoms with E-state index in [4.69, 9.17) is 0 Å². The van der Waals surface area contributed by atoms with Gasteiger partial charge in [0.05, 0.1) is 5.75 Å². The van der Waals surface area contributed by atoms with Crippen molar-refractivity contribution >= 4 is 38.4 Å². The van der Waals surface area contributed by atoms with Gasteiger partial charge in [0.25, 0.3) is 0 Å². The highest BCUT2D eigenvalue weighted by Gasteiger charge is 2.01. The van der Waals surface area contributed by atoms with Crippen molar-refractivity contribution in [2.24, 2.45) is 0 Å². The first kappa shape index (κ1) is 11.6. The van der Waals surface area contributed by atoms with Crippen LogP contribution < -0.4 is 5.32 Å². The van der Waals surface area contributed by atoms with Crippen molar-refractivity contribution in [3.8, 4) is 0 Å². The van der Waals surface area contributed by atoms with Crippen LogP contribution in [0, 0.1) is 3.57 Å². The molecule has 0 fully saturated rings. The number of rotatable bonds is 4. The normalized spacial score (nSPS) is 11.3. The van der Waals surface area contributed by atoms with Crippen molar-refractivity contribution in [2.75, 3.05) is 23.9 Å². The second-order valence-electron chi connectivity index (χ2n) is 2.78. The van der Waals surface area contributed by atoms with Crippen molar-refractivity contribution in [3.63, 3.8) is 0 Å². The number of aromatic nitrogens is 2. The molecule has 0 saturated carbocycles. The summed E-state index contributed by atoms with van der Waals surface area (Å²) >= 11 is 2.10. The Labute approximate surface area is 96.4 Å². The topological polar surface area (TPSA) is 72.0 Å². The van der Waals surface area contributed by atoms with Crippen molar-refractivity contribution in [1.29, 1.82) is 0 Å². The van der Waals surface area contributed by atoms with Crippen LogP contribution in [0.25, 0.3) is 0 Å². The average molecular weight is 327 g/mol. The summed E-state index contributed by atoms with van der Waals surface area (Å²) in [7, 11) is -2.92. The molecular weight excluding hydrogens is 317 g/mol. The number of nitrogens with one attached hydrogen (secondary N) is 1. The summed E-state index contributed by atoms with van der Waals surface area (Å²) in [4.78, 5) is 7.95. The average Bonchev–Trinajstić information content (AvgIpc) is 2.06. The third kappa shape index (κ3) is 4.70. The smallest absolute Gasteiger partial charge is 0.222 e. The molecule has 0 aliphatic rings. The Morgan fingerprint density at radius 2 is 2.00 bits per heavy atom. The molecule has 7 heteroatoms. The van der Waals surface area contributed by atoms with Gasteiger partial charge in [-0.05, 0) is 22.6 Å². The van der Waals surface area contributed by atoms with Gasteiger partial charge in [0.1, 0.15) is 9.84 Å². The summed E-state index contributed by atoms with van der Waals surface area (Å²) in [6, 6.07) is 0. The molecule has 0 aliphatic heterocycles. The van der Waals surface area contributed by atoms with E-state index in [1.54, 1.807) is 12.4 Å². The SMILES string of the molecule is CS(=O)(=O)CCNc1ncc(I)cn1. The first-order chi connectivity index (χ1) is 6.47. The largest absolute Gasteiger partial charge is 0.353 e. The van der Waals surface area contributed by atoms with Gasteiger partial charge in [-0.2, -0.15) is 0 Å². The van der Waals surface area contributed by atoms with E-state index in [-0.39, 0.29) is 5.75 Å². The first-order valence-corrected chi connectivity index (χ1v) is 7.00. The number of hydrogen-bond donors (Lipinski definition) is 1. The highest BCUT2D eigenvalue weighted by atomic mass is 127. The molecule has 0 radical (unpaired) electrons. The summed E-state index contributed by atoms with van der Waals surface area (Å²) in [6.45, 7) is 0.333. The Kier molecular flexibility index (Phi) is 4.05. The molecular formula is C7H10IN3O2S. The zero-order valence-corrected chi connectivity index (χ0v) is 10.5. The molecule has 0 aliphatic carbocycles. The second kappa shape index (κ2) is 4.87. The fourth-order valence-corrected chi connectivity index (χ4v) is 1.50. The zero-order chi connectivity index (χ0) is 10.6. The van der Waals surface area contributed by atoms with Crippen LogP contribution in [0.1, 0.15) is 0 Å². The van der Waals surface area contributed by atoms with Gasteiger partial charge in [-0.1, -0.05) is 0 Å². The van der Waals surface area contributed by atoms with Gasteiger partial charge in [0.2, 0.25) is 5.95 Å². The number of anilines is 1. The van der Waals surface area contributed by atoms with Gasteiger partial charge in [-0.15, -0.1) is 0 Å². The number of nitrogens with zero attached hydrogens (tertiary/aromatic N) is 2. The van der Waals surface area contributed by atoms with Crippen LogP contribution in [0.2, 0.25) is 0 Å². The molecule has 0 atom stereocenters. The fourth-order valence-electron chi connectivity index (χ4n) is 0.752. The van der Waals surface area contributed by atoms with Gasteiger partial charge in [0, 0.05) is 28.8 Å². The predicted octanol–water partition coefficient (Wildman–Crippen LogP) is 0.538. The molecule has 1 heterocycles. The highest BCUT2D eigenvalue weighted by molar-refractivity contribution is 14.1. The van der Waals surface area contributed by atoms with Crippen LogP contribution in [0.3, 0.4) is 0 Å². The third-order valence-corrected chi connectivity index (χ3v) is 2.88. The minimum Gasteiger partial charge on any atom is -0.353 e. The maximum Gasteiger partial charge on any atom is 0.222 e. The lowest BCUT2D eigenvalue weighted by Crippen LogP contribution is -2.15. The molecule has 0 spiro atoms. The summed E-state index contributed by atoms with van der Waals surface area (Å²) in [5, 5.41) is 2.82. The molecule has 0 bridgehead atoms. The van der Waals surface area contributed by atoms with Crippen LogP contribution in [0.15, 0.2) is 12.4 Å². The first-order valence-electron chi connectivity index (χ1n) is 3.86. The molecule has 0 unspecified atom stereocenters. The Hall–Kier alpha value is -0.440. The Morgan fingerprint density at radius 1 is 1.43 bits per heavy atom. The summed E-state index contributed by atoms with van der Waals surface area (Å²) in [6.07, 6.45) is 4.52. The molecule has 1 aromatic heterocycles. The van der Waals surface area contributed by atoms with E-state index < -0.39 is 9.84 Å². The maximum atomic E-state index is 10.8. The molecule has 1 rings (SSSR count). The van der Waals surface area contributed by atoms with Gasteiger partial charge >= 0.3 is 0 Å². The monoisotopic (exact) mass is 327 g/mol. The third-order valence-electron chi connectivity index (χ3n) is 1.38. The summed E-state index contributed by atoms with van der Waals surface area (Å²) in [5.74, 6) is 0.539. The van der Waals surface area contributed by atoms with Gasteiger partial charge in [0.15, 0.2) is 0 Å². The van der Waals surface area contributed by atoms with Crippen molar-refractivity contribution in [2.45, 2.75) is 0 Å². The Balaban J connectivity index is 2.43. The lowest BCUT2D eigenvalue weighted by molar-refractivity contribution is 0.602. The van der Waals surface area contributed by atoms with Gasteiger partial charge in [-0.3, -0.25) is 0 Å². The second-order valence-corrected chi connectivity index (χ2v) is 6.29. The van der Waals surface area contributed by atoms with E-state index in [1.165, 1.54) is 6.26 Å². The molecule has 0 saturated heterocycles. The quantitative estimate of drug-likeness (QED) is 0.817. The molecule has 1 aromatic rings. The zero-order valence-electron chi connectivity index (χ0n) is 7.57. The number of hydrogen-bond acceptors (Lipinski definition) is 5. The van der Waals surface area contributed by atoms with E-state index in [2.05, 4.69) is 37.9 Å². The fraction of sp³-hybridized carbons (Fsp3) is 0.429. The molecule has 0 amide bonds. The van der Waals surface area contributed by atoms with Gasteiger partial charge in [-0.25, -0.2) is 18.4 Å². The van der Waals surface area contributed by atoms with Crippen molar-refractivity contribution in [1.82, 2.24) is 9.97 Å². The van der Waals surface area contributed by atoms with Crippen molar-refractivity contribution in [3.05, 3.63) is 16.0 Å². The van der Waals surface area contributed by atoms with E-state index in [1.807, 2.05) is 0 Å². The van der Waals surface area contributed by atoms with Crippen LogP contribution in [-0.4, -0.2) is 36.9 Å². The molecule has 14 heavy (non-hydrogen) atoms.